The molecule has 0 unspecified atom stereocenters. The third-order valence-corrected chi connectivity index (χ3v) is 2.93. The zero-order valence-corrected chi connectivity index (χ0v) is 11.6. The molecule has 0 fully saturated rings. The fraction of sp³-hybridized carbons (Fsp3) is 0.200. The molecule has 0 radical (unpaired) electrons. The molecule has 0 aromatic heterocycles. The molecule has 0 atom stereocenters. The van der Waals surface area contributed by atoms with Crippen LogP contribution in [0.15, 0.2) is 48.5 Å². The van der Waals surface area contributed by atoms with Gasteiger partial charge in [-0.3, -0.25) is 0 Å². The lowest BCUT2D eigenvalue weighted by Gasteiger charge is -2.11. The summed E-state index contributed by atoms with van der Waals surface area (Å²) in [6, 6.07) is 12.8. The van der Waals surface area contributed by atoms with Gasteiger partial charge >= 0.3 is 6.36 Å². The van der Waals surface area contributed by atoms with E-state index in [2.05, 4.69) is 4.74 Å². The normalized spacial score (nSPS) is 11.2. The maximum Gasteiger partial charge on any atom is 0.573 e. The van der Waals surface area contributed by atoms with Crippen LogP contribution in [-0.2, 0) is 6.42 Å². The molecule has 112 valence electrons. The van der Waals surface area contributed by atoms with Crippen LogP contribution in [0.5, 0.6) is 11.5 Å². The number of halogens is 4. The second-order valence-electron chi connectivity index (χ2n) is 4.22. The predicted octanol–water partition coefficient (Wildman–Crippen LogP) is 4.86. The van der Waals surface area contributed by atoms with E-state index >= 15 is 0 Å². The zero-order chi connectivity index (χ0) is 15.3. The minimum atomic E-state index is -4.69. The highest BCUT2D eigenvalue weighted by Gasteiger charge is 2.31. The van der Waals surface area contributed by atoms with E-state index in [4.69, 9.17) is 16.3 Å². The maximum atomic E-state index is 12.1. The standard InChI is InChI=1S/C15H12ClF3O2/c16-13-6-1-2-7-14(13)20-9-8-11-4-3-5-12(10-11)21-15(17,18)19/h1-7,10H,8-9H2. The molecule has 0 N–H and O–H groups in total. The van der Waals surface area contributed by atoms with Gasteiger partial charge in [-0.05, 0) is 29.8 Å². The van der Waals surface area contributed by atoms with Gasteiger partial charge in [-0.15, -0.1) is 13.2 Å². The van der Waals surface area contributed by atoms with E-state index in [1.54, 1.807) is 30.3 Å². The topological polar surface area (TPSA) is 18.5 Å². The first-order chi connectivity index (χ1) is 9.94. The van der Waals surface area contributed by atoms with Crippen molar-refractivity contribution in [2.24, 2.45) is 0 Å². The number of hydrogen-bond acceptors (Lipinski definition) is 2. The summed E-state index contributed by atoms with van der Waals surface area (Å²) in [6.07, 6.45) is -4.24. The quantitative estimate of drug-likeness (QED) is 0.784. The number of ether oxygens (including phenoxy) is 2. The van der Waals surface area contributed by atoms with Crippen LogP contribution in [0.2, 0.25) is 5.02 Å². The third-order valence-electron chi connectivity index (χ3n) is 2.62. The monoisotopic (exact) mass is 316 g/mol. The van der Waals surface area contributed by atoms with E-state index in [-0.39, 0.29) is 5.75 Å². The number of para-hydroxylation sites is 1. The SMILES string of the molecule is FC(F)(F)Oc1cccc(CCOc2ccccc2Cl)c1. The molecule has 6 heteroatoms. The molecule has 0 saturated carbocycles. The summed E-state index contributed by atoms with van der Waals surface area (Å²) in [6.45, 7) is 0.305. The van der Waals surface area contributed by atoms with Gasteiger partial charge in [0, 0.05) is 6.42 Å². The number of benzene rings is 2. The summed E-state index contributed by atoms with van der Waals surface area (Å²) in [5.41, 5.74) is 0.684. The Morgan fingerprint density at radius 2 is 1.76 bits per heavy atom. The average Bonchev–Trinajstić information content (AvgIpc) is 2.39. The van der Waals surface area contributed by atoms with Crippen molar-refractivity contribution in [3.63, 3.8) is 0 Å². The van der Waals surface area contributed by atoms with Crippen LogP contribution in [0.3, 0.4) is 0 Å². The summed E-state index contributed by atoms with van der Waals surface area (Å²) >= 11 is 5.93. The van der Waals surface area contributed by atoms with Crippen LogP contribution in [0.1, 0.15) is 5.56 Å². The maximum absolute atomic E-state index is 12.1. The first-order valence-corrected chi connectivity index (χ1v) is 6.54. The van der Waals surface area contributed by atoms with E-state index in [9.17, 15) is 13.2 Å². The zero-order valence-electron chi connectivity index (χ0n) is 10.9. The van der Waals surface area contributed by atoms with E-state index in [1.165, 1.54) is 18.2 Å². The second kappa shape index (κ2) is 6.72. The van der Waals surface area contributed by atoms with Crippen molar-refractivity contribution in [2.45, 2.75) is 12.8 Å². The minimum Gasteiger partial charge on any atom is -0.492 e. The van der Waals surface area contributed by atoms with Crippen LogP contribution in [0.4, 0.5) is 13.2 Å². The van der Waals surface area contributed by atoms with Gasteiger partial charge in [-0.2, -0.15) is 0 Å². The van der Waals surface area contributed by atoms with Crippen LogP contribution in [-0.4, -0.2) is 13.0 Å². The van der Waals surface area contributed by atoms with Crippen molar-refractivity contribution in [3.05, 3.63) is 59.1 Å². The largest absolute Gasteiger partial charge is 0.573 e. The Hall–Kier alpha value is -1.88. The average molecular weight is 317 g/mol. The molecule has 0 aliphatic carbocycles. The van der Waals surface area contributed by atoms with Crippen LogP contribution >= 0.6 is 11.6 Å². The van der Waals surface area contributed by atoms with Crippen molar-refractivity contribution in [3.8, 4) is 11.5 Å². The molecule has 2 aromatic carbocycles. The van der Waals surface area contributed by atoms with Crippen molar-refractivity contribution in [2.75, 3.05) is 6.61 Å². The molecule has 21 heavy (non-hydrogen) atoms. The van der Waals surface area contributed by atoms with Crippen molar-refractivity contribution < 1.29 is 22.6 Å². The van der Waals surface area contributed by atoms with Gasteiger partial charge in [-0.25, -0.2) is 0 Å². The summed E-state index contributed by atoms with van der Waals surface area (Å²) < 4.78 is 45.7. The Bertz CT molecular complexity index is 599. The highest BCUT2D eigenvalue weighted by molar-refractivity contribution is 6.32. The Balaban J connectivity index is 1.92. The van der Waals surface area contributed by atoms with Gasteiger partial charge < -0.3 is 9.47 Å². The highest BCUT2D eigenvalue weighted by atomic mass is 35.5. The first-order valence-electron chi connectivity index (χ1n) is 6.16. The summed E-state index contributed by atoms with van der Waals surface area (Å²) in [7, 11) is 0. The van der Waals surface area contributed by atoms with Crippen LogP contribution in [0.25, 0.3) is 0 Å². The smallest absolute Gasteiger partial charge is 0.492 e. The van der Waals surface area contributed by atoms with Gasteiger partial charge in [0.1, 0.15) is 11.5 Å². The van der Waals surface area contributed by atoms with E-state index < -0.39 is 6.36 Å². The number of alkyl halides is 3. The molecule has 2 nitrogen and oxygen atoms in total. The Labute approximate surface area is 125 Å². The summed E-state index contributed by atoms with van der Waals surface area (Å²) in [5.74, 6) is 0.305. The van der Waals surface area contributed by atoms with Gasteiger partial charge in [0.15, 0.2) is 0 Å². The minimum absolute atomic E-state index is 0.238. The first kappa shape index (κ1) is 15.5. The van der Waals surface area contributed by atoms with Crippen molar-refractivity contribution in [1.82, 2.24) is 0 Å². The lowest BCUT2D eigenvalue weighted by Crippen LogP contribution is -2.17. The van der Waals surface area contributed by atoms with Crippen LogP contribution in [0, 0.1) is 0 Å². The molecular weight excluding hydrogens is 305 g/mol. The third kappa shape index (κ3) is 5.19. The fourth-order valence-electron chi connectivity index (χ4n) is 1.74. The van der Waals surface area contributed by atoms with E-state index in [1.807, 2.05) is 0 Å². The molecule has 0 aliphatic rings. The van der Waals surface area contributed by atoms with Crippen LogP contribution < -0.4 is 9.47 Å². The molecule has 0 saturated heterocycles. The molecule has 0 amide bonds. The molecule has 2 aromatic rings. The van der Waals surface area contributed by atoms with E-state index in [0.29, 0.717) is 29.4 Å². The predicted molar refractivity (Wildman–Crippen MR) is 73.8 cm³/mol. The molecule has 0 spiro atoms. The van der Waals surface area contributed by atoms with Gasteiger partial charge in [-0.1, -0.05) is 35.9 Å². The van der Waals surface area contributed by atoms with Crippen molar-refractivity contribution in [1.29, 1.82) is 0 Å². The summed E-state index contributed by atoms with van der Waals surface area (Å²) in [4.78, 5) is 0. The molecule has 0 aliphatic heterocycles. The van der Waals surface area contributed by atoms with Gasteiger partial charge in [0.25, 0.3) is 0 Å². The molecule has 0 heterocycles. The fourth-order valence-corrected chi connectivity index (χ4v) is 1.93. The highest BCUT2D eigenvalue weighted by Crippen LogP contribution is 2.25. The Kier molecular flexibility index (Phi) is 4.96. The van der Waals surface area contributed by atoms with E-state index in [0.717, 1.165) is 0 Å². The summed E-state index contributed by atoms with van der Waals surface area (Å²) in [5, 5.41) is 0.492. The number of rotatable bonds is 5. The van der Waals surface area contributed by atoms with Crippen molar-refractivity contribution >= 4 is 11.6 Å². The van der Waals surface area contributed by atoms with Gasteiger partial charge in [0.05, 0.1) is 11.6 Å². The van der Waals surface area contributed by atoms with Gasteiger partial charge in [0.2, 0.25) is 0 Å². The number of hydrogen-bond donors (Lipinski definition) is 0. The Morgan fingerprint density at radius 1 is 1.00 bits per heavy atom. The molecule has 2 rings (SSSR count). The lowest BCUT2D eigenvalue weighted by molar-refractivity contribution is -0.274. The second-order valence-corrected chi connectivity index (χ2v) is 4.63. The molecular formula is C15H12ClF3O2. The lowest BCUT2D eigenvalue weighted by atomic mass is 10.1. The molecule has 0 bridgehead atoms. The Morgan fingerprint density at radius 3 is 2.48 bits per heavy atom.